The lowest BCUT2D eigenvalue weighted by atomic mass is 10.0. The van der Waals surface area contributed by atoms with Crippen LogP contribution in [0, 0.1) is 5.92 Å². The van der Waals surface area contributed by atoms with E-state index in [-0.39, 0.29) is 18.4 Å². The summed E-state index contributed by atoms with van der Waals surface area (Å²) in [5.74, 6) is -0.791. The van der Waals surface area contributed by atoms with Gasteiger partial charge >= 0.3 is 5.97 Å². The molecule has 0 unspecified atom stereocenters. The van der Waals surface area contributed by atoms with Gasteiger partial charge in [0.25, 0.3) is 0 Å². The number of carboxylic acid groups (broad SMARTS) is 1. The molecular formula is C24H30N2O4. The molecule has 1 amide bonds. The Morgan fingerprint density at radius 1 is 1.07 bits per heavy atom. The second-order valence-electron chi connectivity index (χ2n) is 7.84. The minimum atomic E-state index is -0.945. The van der Waals surface area contributed by atoms with E-state index in [4.69, 9.17) is 15.6 Å². The fourth-order valence-corrected chi connectivity index (χ4v) is 3.92. The second kappa shape index (κ2) is 10.8. The van der Waals surface area contributed by atoms with Gasteiger partial charge in [-0.05, 0) is 55.5 Å². The lowest BCUT2D eigenvalue weighted by molar-refractivity contribution is -0.142. The number of ether oxygens (including phenoxy) is 1. The van der Waals surface area contributed by atoms with Crippen LogP contribution >= 0.6 is 0 Å². The van der Waals surface area contributed by atoms with E-state index in [9.17, 15) is 9.59 Å². The van der Waals surface area contributed by atoms with Crippen LogP contribution in [-0.4, -0.2) is 41.1 Å². The van der Waals surface area contributed by atoms with Gasteiger partial charge in [-0.3, -0.25) is 9.59 Å². The Kier molecular flexibility index (Phi) is 7.85. The second-order valence-corrected chi connectivity index (χ2v) is 7.84. The van der Waals surface area contributed by atoms with Crippen molar-refractivity contribution in [2.24, 2.45) is 11.7 Å². The highest BCUT2D eigenvalue weighted by Gasteiger charge is 2.40. The van der Waals surface area contributed by atoms with Gasteiger partial charge in [0.05, 0.1) is 18.4 Å². The monoisotopic (exact) mass is 410 g/mol. The van der Waals surface area contributed by atoms with Crippen LogP contribution < -0.4 is 10.5 Å². The van der Waals surface area contributed by atoms with Gasteiger partial charge in [0.2, 0.25) is 5.91 Å². The molecule has 2 aromatic rings. The number of likely N-dealkylation sites (tertiary alicyclic amines) is 1. The molecule has 3 N–H and O–H groups in total. The maximum Gasteiger partial charge on any atom is 0.304 e. The average Bonchev–Trinajstić information content (AvgIpc) is 3.02. The summed E-state index contributed by atoms with van der Waals surface area (Å²) in [6.45, 7) is 1.52. The van der Waals surface area contributed by atoms with Crippen molar-refractivity contribution in [2.45, 2.75) is 44.7 Å². The molecule has 1 heterocycles. The molecular weight excluding hydrogens is 380 g/mol. The molecule has 6 nitrogen and oxygen atoms in total. The number of benzene rings is 2. The number of carbonyl (C=O) groups is 2. The van der Waals surface area contributed by atoms with Gasteiger partial charge in [-0.15, -0.1) is 0 Å². The van der Waals surface area contributed by atoms with Crippen molar-refractivity contribution in [1.82, 2.24) is 4.90 Å². The molecule has 6 heteroatoms. The maximum absolute atomic E-state index is 12.8. The van der Waals surface area contributed by atoms with Crippen LogP contribution in [0.15, 0.2) is 54.6 Å². The van der Waals surface area contributed by atoms with Gasteiger partial charge in [0.15, 0.2) is 0 Å². The van der Waals surface area contributed by atoms with Crippen LogP contribution in [0.1, 0.15) is 36.8 Å². The smallest absolute Gasteiger partial charge is 0.304 e. The Labute approximate surface area is 177 Å². The standard InChI is InChI=1S/C24H30N2O4/c25-13-5-4-6-18-9-11-22(12-10-18)30-17-21-14-20(15-23(27)28)24(29)26(21)16-19-7-2-1-3-8-19/h1-3,7-12,20-21H,4-6,13-17,25H2,(H,27,28)/t20-,21-/m0/s1. The fourth-order valence-electron chi connectivity index (χ4n) is 3.92. The summed E-state index contributed by atoms with van der Waals surface area (Å²) in [6, 6.07) is 17.6. The van der Waals surface area contributed by atoms with E-state index < -0.39 is 11.9 Å². The molecule has 1 saturated heterocycles. The summed E-state index contributed by atoms with van der Waals surface area (Å²) in [5.41, 5.74) is 7.81. The molecule has 3 rings (SSSR count). The molecule has 0 spiro atoms. The summed E-state index contributed by atoms with van der Waals surface area (Å²) in [6.07, 6.45) is 3.44. The molecule has 160 valence electrons. The molecule has 0 aliphatic carbocycles. The van der Waals surface area contributed by atoms with Crippen molar-refractivity contribution in [3.63, 3.8) is 0 Å². The molecule has 0 aromatic heterocycles. The number of carboxylic acids is 1. The predicted molar refractivity (Wildman–Crippen MR) is 115 cm³/mol. The van der Waals surface area contributed by atoms with Crippen LogP contribution in [0.5, 0.6) is 5.75 Å². The van der Waals surface area contributed by atoms with E-state index in [0.717, 1.165) is 30.6 Å². The summed E-state index contributed by atoms with van der Waals surface area (Å²) >= 11 is 0. The topological polar surface area (TPSA) is 92.9 Å². The van der Waals surface area contributed by atoms with Crippen molar-refractivity contribution in [3.05, 3.63) is 65.7 Å². The number of hydrogen-bond acceptors (Lipinski definition) is 4. The minimum Gasteiger partial charge on any atom is -0.491 e. The number of unbranched alkanes of at least 4 members (excludes halogenated alkanes) is 1. The van der Waals surface area contributed by atoms with Crippen molar-refractivity contribution >= 4 is 11.9 Å². The van der Waals surface area contributed by atoms with Crippen LogP contribution in [0.3, 0.4) is 0 Å². The quantitative estimate of drug-likeness (QED) is 0.555. The van der Waals surface area contributed by atoms with Gasteiger partial charge in [0.1, 0.15) is 12.4 Å². The number of aryl methyl sites for hydroxylation is 1. The molecule has 1 aliphatic heterocycles. The summed E-state index contributed by atoms with van der Waals surface area (Å²) in [4.78, 5) is 25.8. The van der Waals surface area contributed by atoms with Gasteiger partial charge in [-0.25, -0.2) is 0 Å². The first-order chi connectivity index (χ1) is 14.6. The number of rotatable bonds is 11. The lowest BCUT2D eigenvalue weighted by Gasteiger charge is -2.25. The van der Waals surface area contributed by atoms with Crippen molar-refractivity contribution < 1.29 is 19.4 Å². The predicted octanol–water partition coefficient (Wildman–Crippen LogP) is 3.24. The van der Waals surface area contributed by atoms with E-state index >= 15 is 0 Å². The third-order valence-electron chi connectivity index (χ3n) is 5.53. The highest BCUT2D eigenvalue weighted by Crippen LogP contribution is 2.29. The first kappa shape index (κ1) is 21.8. The van der Waals surface area contributed by atoms with Crippen molar-refractivity contribution in [2.75, 3.05) is 13.2 Å². The van der Waals surface area contributed by atoms with Crippen LogP contribution in [0.4, 0.5) is 0 Å². The fraction of sp³-hybridized carbons (Fsp3) is 0.417. The minimum absolute atomic E-state index is 0.106. The number of hydrogen-bond donors (Lipinski definition) is 2. The number of aliphatic carboxylic acids is 1. The highest BCUT2D eigenvalue weighted by atomic mass is 16.5. The van der Waals surface area contributed by atoms with Crippen LogP contribution in [-0.2, 0) is 22.6 Å². The molecule has 1 fully saturated rings. The Morgan fingerprint density at radius 3 is 2.47 bits per heavy atom. The number of nitrogens with zero attached hydrogens (tertiary/aromatic N) is 1. The Hall–Kier alpha value is -2.86. The van der Waals surface area contributed by atoms with Crippen molar-refractivity contribution in [1.29, 1.82) is 0 Å². The highest BCUT2D eigenvalue weighted by molar-refractivity contribution is 5.85. The maximum atomic E-state index is 12.8. The Balaban J connectivity index is 1.62. The molecule has 2 aromatic carbocycles. The summed E-state index contributed by atoms with van der Waals surface area (Å²) in [7, 11) is 0. The largest absolute Gasteiger partial charge is 0.491 e. The van der Waals surface area contributed by atoms with Crippen molar-refractivity contribution in [3.8, 4) is 5.75 Å². The third-order valence-corrected chi connectivity index (χ3v) is 5.53. The molecule has 0 radical (unpaired) electrons. The summed E-state index contributed by atoms with van der Waals surface area (Å²) < 4.78 is 5.98. The van der Waals surface area contributed by atoms with Gasteiger partial charge < -0.3 is 20.5 Å². The zero-order valence-corrected chi connectivity index (χ0v) is 17.2. The number of carbonyl (C=O) groups excluding carboxylic acids is 1. The van der Waals surface area contributed by atoms with E-state index in [1.165, 1.54) is 5.56 Å². The first-order valence-electron chi connectivity index (χ1n) is 10.5. The zero-order valence-electron chi connectivity index (χ0n) is 17.2. The zero-order chi connectivity index (χ0) is 21.3. The van der Waals surface area contributed by atoms with E-state index in [1.807, 2.05) is 42.5 Å². The Bertz CT molecular complexity index is 823. The summed E-state index contributed by atoms with van der Waals surface area (Å²) in [5, 5.41) is 9.16. The number of amides is 1. The molecule has 0 bridgehead atoms. The lowest BCUT2D eigenvalue weighted by Crippen LogP contribution is -2.37. The third kappa shape index (κ3) is 6.07. The Morgan fingerprint density at radius 2 is 1.80 bits per heavy atom. The van der Waals surface area contributed by atoms with Gasteiger partial charge in [-0.1, -0.05) is 42.5 Å². The first-order valence-corrected chi connectivity index (χ1v) is 10.5. The number of nitrogens with two attached hydrogens (primary N) is 1. The normalized spacial score (nSPS) is 18.6. The average molecular weight is 411 g/mol. The van der Waals surface area contributed by atoms with Crippen LogP contribution in [0.25, 0.3) is 0 Å². The molecule has 30 heavy (non-hydrogen) atoms. The SMILES string of the molecule is NCCCCc1ccc(OC[C@@H]2C[C@@H](CC(=O)O)C(=O)N2Cc2ccccc2)cc1. The van der Waals surface area contributed by atoms with Crippen LogP contribution in [0.2, 0.25) is 0 Å². The van der Waals surface area contributed by atoms with Gasteiger partial charge in [0, 0.05) is 6.54 Å². The molecule has 1 aliphatic rings. The van der Waals surface area contributed by atoms with E-state index in [0.29, 0.717) is 26.1 Å². The molecule has 2 atom stereocenters. The molecule has 0 saturated carbocycles. The van der Waals surface area contributed by atoms with E-state index in [1.54, 1.807) is 4.90 Å². The van der Waals surface area contributed by atoms with E-state index in [2.05, 4.69) is 12.1 Å². The van der Waals surface area contributed by atoms with Gasteiger partial charge in [-0.2, -0.15) is 0 Å².